The summed E-state index contributed by atoms with van der Waals surface area (Å²) in [5.41, 5.74) is 0. The van der Waals surface area contributed by atoms with Crippen LogP contribution in [0.15, 0.2) is 12.2 Å². The first-order valence-electron chi connectivity index (χ1n) is 11.7. The molecule has 0 aromatic carbocycles. The van der Waals surface area contributed by atoms with Crippen molar-refractivity contribution >= 4 is 0 Å². The first kappa shape index (κ1) is 24.7. The molecule has 25 heavy (non-hydrogen) atoms. The smallest absolute Gasteiger partial charge is 0.00519 e. The predicted molar refractivity (Wildman–Crippen MR) is 116 cm³/mol. The van der Waals surface area contributed by atoms with Crippen LogP contribution < -0.4 is 5.32 Å². The van der Waals surface area contributed by atoms with Crippen LogP contribution in [0.5, 0.6) is 0 Å². The van der Waals surface area contributed by atoms with Crippen LogP contribution in [-0.4, -0.2) is 13.6 Å². The van der Waals surface area contributed by atoms with Gasteiger partial charge in [-0.3, -0.25) is 0 Å². The zero-order valence-corrected chi connectivity index (χ0v) is 17.8. The molecule has 0 saturated carbocycles. The van der Waals surface area contributed by atoms with Gasteiger partial charge in [0.15, 0.2) is 0 Å². The summed E-state index contributed by atoms with van der Waals surface area (Å²) in [7, 11) is 2.05. The molecule has 0 aromatic heterocycles. The lowest BCUT2D eigenvalue weighted by Gasteiger charge is -2.02. The Hall–Kier alpha value is -0.300. The summed E-state index contributed by atoms with van der Waals surface area (Å²) < 4.78 is 0. The molecule has 0 aliphatic rings. The second-order valence-corrected chi connectivity index (χ2v) is 7.81. The number of unbranched alkanes of at least 4 members (excludes halogenated alkanes) is 17. The largest absolute Gasteiger partial charge is 0.320 e. The molecule has 1 N–H and O–H groups in total. The van der Waals surface area contributed by atoms with E-state index in [1.165, 1.54) is 129 Å². The Kier molecular flexibility index (Phi) is 23.4. The van der Waals surface area contributed by atoms with Gasteiger partial charge in [0.25, 0.3) is 0 Å². The highest BCUT2D eigenvalue weighted by molar-refractivity contribution is 4.81. The van der Waals surface area contributed by atoms with E-state index >= 15 is 0 Å². The normalized spacial score (nSPS) is 11.6. The van der Waals surface area contributed by atoms with Crippen molar-refractivity contribution < 1.29 is 0 Å². The third-order valence-electron chi connectivity index (χ3n) is 5.19. The second kappa shape index (κ2) is 23.7. The van der Waals surface area contributed by atoms with Crippen LogP contribution in [-0.2, 0) is 0 Å². The maximum atomic E-state index is 3.22. The Morgan fingerprint density at radius 3 is 1.24 bits per heavy atom. The first-order valence-corrected chi connectivity index (χ1v) is 11.7. The van der Waals surface area contributed by atoms with Gasteiger partial charge in [-0.2, -0.15) is 0 Å². The molecule has 0 atom stereocenters. The van der Waals surface area contributed by atoms with Crippen LogP contribution in [0.1, 0.15) is 129 Å². The number of hydrogen-bond donors (Lipinski definition) is 1. The molecular weight excluding hydrogens is 302 g/mol. The van der Waals surface area contributed by atoms with Gasteiger partial charge in [-0.1, -0.05) is 109 Å². The molecule has 0 aliphatic heterocycles. The summed E-state index contributed by atoms with van der Waals surface area (Å²) in [5.74, 6) is 0. The Morgan fingerprint density at radius 1 is 0.480 bits per heavy atom. The molecule has 0 spiro atoms. The van der Waals surface area contributed by atoms with Gasteiger partial charge in [-0.25, -0.2) is 0 Å². The SMILES string of the molecule is CCCCCCCCC/C=C\CCCCCCCCCCCCNC. The van der Waals surface area contributed by atoms with Crippen molar-refractivity contribution in [2.75, 3.05) is 13.6 Å². The van der Waals surface area contributed by atoms with E-state index in [4.69, 9.17) is 0 Å². The molecule has 0 radical (unpaired) electrons. The van der Waals surface area contributed by atoms with E-state index in [1.807, 2.05) is 7.05 Å². The monoisotopic (exact) mass is 351 g/mol. The maximum Gasteiger partial charge on any atom is -0.00519 e. The van der Waals surface area contributed by atoms with Crippen LogP contribution in [0.3, 0.4) is 0 Å². The van der Waals surface area contributed by atoms with Gasteiger partial charge in [0.2, 0.25) is 0 Å². The van der Waals surface area contributed by atoms with Gasteiger partial charge in [-0.05, 0) is 45.7 Å². The van der Waals surface area contributed by atoms with Crippen molar-refractivity contribution in [1.29, 1.82) is 0 Å². The van der Waals surface area contributed by atoms with E-state index in [0.29, 0.717) is 0 Å². The van der Waals surface area contributed by atoms with Crippen LogP contribution in [0.4, 0.5) is 0 Å². The van der Waals surface area contributed by atoms with Crippen molar-refractivity contribution in [1.82, 2.24) is 5.32 Å². The van der Waals surface area contributed by atoms with Crippen LogP contribution in [0.25, 0.3) is 0 Å². The molecule has 0 bridgehead atoms. The van der Waals surface area contributed by atoms with E-state index in [1.54, 1.807) is 0 Å². The predicted octanol–water partition coefficient (Wildman–Crippen LogP) is 8.19. The molecule has 150 valence electrons. The van der Waals surface area contributed by atoms with Gasteiger partial charge < -0.3 is 5.32 Å². The summed E-state index contributed by atoms with van der Waals surface area (Å²) in [4.78, 5) is 0. The quantitative estimate of drug-likeness (QED) is 0.162. The molecule has 1 heteroatoms. The zero-order valence-electron chi connectivity index (χ0n) is 17.8. The summed E-state index contributed by atoms with van der Waals surface area (Å²) >= 11 is 0. The Labute approximate surface area is 160 Å². The highest BCUT2D eigenvalue weighted by Crippen LogP contribution is 2.12. The molecule has 0 aromatic rings. The summed E-state index contributed by atoms with van der Waals surface area (Å²) in [5, 5.41) is 3.22. The van der Waals surface area contributed by atoms with Crippen molar-refractivity contribution in [2.45, 2.75) is 129 Å². The Balaban J connectivity index is 3.03. The topological polar surface area (TPSA) is 12.0 Å². The average molecular weight is 352 g/mol. The van der Waals surface area contributed by atoms with Gasteiger partial charge in [0.05, 0.1) is 0 Å². The fraction of sp³-hybridized carbons (Fsp3) is 0.917. The Morgan fingerprint density at radius 2 is 0.840 bits per heavy atom. The fourth-order valence-electron chi connectivity index (χ4n) is 3.43. The van der Waals surface area contributed by atoms with Gasteiger partial charge in [-0.15, -0.1) is 0 Å². The highest BCUT2D eigenvalue weighted by Gasteiger charge is 1.93. The molecule has 0 aliphatic carbocycles. The molecule has 0 fully saturated rings. The second-order valence-electron chi connectivity index (χ2n) is 7.81. The lowest BCUT2D eigenvalue weighted by atomic mass is 10.1. The first-order chi connectivity index (χ1) is 12.4. The van der Waals surface area contributed by atoms with Crippen molar-refractivity contribution in [3.63, 3.8) is 0 Å². The van der Waals surface area contributed by atoms with Crippen LogP contribution >= 0.6 is 0 Å². The third kappa shape index (κ3) is 23.7. The molecule has 0 heterocycles. The van der Waals surface area contributed by atoms with Crippen molar-refractivity contribution in [2.24, 2.45) is 0 Å². The molecular formula is C24H49N. The van der Waals surface area contributed by atoms with E-state index < -0.39 is 0 Å². The molecule has 0 rings (SSSR count). The summed E-state index contributed by atoms with van der Waals surface area (Å²) in [6, 6.07) is 0. The third-order valence-corrected chi connectivity index (χ3v) is 5.19. The molecule has 0 amide bonds. The lowest BCUT2D eigenvalue weighted by molar-refractivity contribution is 0.548. The van der Waals surface area contributed by atoms with Crippen molar-refractivity contribution in [3.05, 3.63) is 12.2 Å². The number of rotatable bonds is 21. The highest BCUT2D eigenvalue weighted by atomic mass is 14.8. The zero-order chi connectivity index (χ0) is 18.3. The lowest BCUT2D eigenvalue weighted by Crippen LogP contribution is -2.06. The van der Waals surface area contributed by atoms with Crippen LogP contribution in [0.2, 0.25) is 0 Å². The maximum absolute atomic E-state index is 3.22. The average Bonchev–Trinajstić information content (AvgIpc) is 2.63. The van der Waals surface area contributed by atoms with Gasteiger partial charge in [0, 0.05) is 0 Å². The number of allylic oxidation sites excluding steroid dienone is 2. The van der Waals surface area contributed by atoms with Gasteiger partial charge >= 0.3 is 0 Å². The minimum atomic E-state index is 1.19. The fourth-order valence-corrected chi connectivity index (χ4v) is 3.43. The van der Waals surface area contributed by atoms with E-state index in [9.17, 15) is 0 Å². The van der Waals surface area contributed by atoms with E-state index in [0.717, 1.165) is 0 Å². The molecule has 1 nitrogen and oxygen atoms in total. The molecule has 0 unspecified atom stereocenters. The van der Waals surface area contributed by atoms with Crippen LogP contribution in [0, 0.1) is 0 Å². The minimum absolute atomic E-state index is 1.19. The van der Waals surface area contributed by atoms with E-state index in [-0.39, 0.29) is 0 Å². The number of hydrogen-bond acceptors (Lipinski definition) is 1. The minimum Gasteiger partial charge on any atom is -0.320 e. The summed E-state index contributed by atoms with van der Waals surface area (Å²) in [6.07, 6.45) is 31.7. The van der Waals surface area contributed by atoms with E-state index in [2.05, 4.69) is 24.4 Å². The standard InChI is InChI=1S/C24H49N/c1-3-4-5-6-7-8-9-10-11-12-13-14-15-16-17-18-19-20-21-22-23-24-25-2/h11-12,25H,3-10,13-24H2,1-2H3/b12-11-. The summed E-state index contributed by atoms with van der Waals surface area (Å²) in [6.45, 7) is 3.48. The van der Waals surface area contributed by atoms with Gasteiger partial charge in [0.1, 0.15) is 0 Å². The number of nitrogens with one attached hydrogen (secondary N) is 1. The Bertz CT molecular complexity index is 246. The molecule has 0 saturated heterocycles. The van der Waals surface area contributed by atoms with Crippen molar-refractivity contribution in [3.8, 4) is 0 Å².